The normalized spacial score (nSPS) is 10.6. The maximum atomic E-state index is 13.0. The Labute approximate surface area is 104 Å². The summed E-state index contributed by atoms with van der Waals surface area (Å²) in [6.45, 7) is 2.04. The van der Waals surface area contributed by atoms with Gasteiger partial charge >= 0.3 is 5.97 Å². The number of benzene rings is 1. The monoisotopic (exact) mass is 251 g/mol. The molecule has 1 aromatic carbocycles. The molecule has 0 heterocycles. The number of aryl methyl sites for hydroxylation is 1. The molecule has 0 saturated heterocycles. The van der Waals surface area contributed by atoms with Crippen LogP contribution in [0.5, 0.6) is 0 Å². The maximum Gasteiger partial charge on any atom is 0.328 e. The molecule has 0 unspecified atom stereocenters. The number of carboxylic acid groups (broad SMARTS) is 1. The molecule has 1 amide bonds. The Bertz CT molecular complexity index is 483. The Morgan fingerprint density at radius 2 is 2.11 bits per heavy atom. The van der Waals surface area contributed by atoms with Gasteiger partial charge in [0.25, 0.3) is 0 Å². The van der Waals surface area contributed by atoms with Gasteiger partial charge in [-0.15, -0.1) is 0 Å². The molecule has 18 heavy (non-hydrogen) atoms. The number of hydrogen-bond acceptors (Lipinski definition) is 2. The van der Waals surface area contributed by atoms with Gasteiger partial charge < -0.3 is 10.4 Å². The van der Waals surface area contributed by atoms with E-state index in [1.165, 1.54) is 6.07 Å². The maximum absolute atomic E-state index is 13.0. The molecule has 0 aliphatic heterocycles. The molecule has 0 aliphatic carbocycles. The van der Waals surface area contributed by atoms with Crippen LogP contribution in [0.25, 0.3) is 0 Å². The summed E-state index contributed by atoms with van der Waals surface area (Å²) in [5, 5.41) is 10.9. The summed E-state index contributed by atoms with van der Waals surface area (Å²) in [5.74, 6) is -1.89. The van der Waals surface area contributed by atoms with Gasteiger partial charge in [-0.1, -0.05) is 12.1 Å². The number of carbonyl (C=O) groups is 2. The fourth-order valence-electron chi connectivity index (χ4n) is 1.40. The number of aliphatic carboxylic acids is 1. The lowest BCUT2D eigenvalue weighted by Crippen LogP contribution is -2.23. The second-order valence-corrected chi connectivity index (χ2v) is 3.80. The average Bonchev–Trinajstić information content (AvgIpc) is 2.31. The van der Waals surface area contributed by atoms with Crippen LogP contribution < -0.4 is 5.32 Å². The molecule has 5 heteroatoms. The minimum Gasteiger partial charge on any atom is -0.478 e. The van der Waals surface area contributed by atoms with Crippen LogP contribution in [0.4, 0.5) is 4.39 Å². The first kappa shape index (κ1) is 13.9. The van der Waals surface area contributed by atoms with E-state index in [2.05, 4.69) is 5.32 Å². The van der Waals surface area contributed by atoms with Crippen molar-refractivity contribution in [1.82, 2.24) is 5.32 Å². The Kier molecular flexibility index (Phi) is 5.05. The molecule has 0 saturated carbocycles. The van der Waals surface area contributed by atoms with Crippen molar-refractivity contribution >= 4 is 11.9 Å². The first-order valence-corrected chi connectivity index (χ1v) is 5.43. The number of hydrogen-bond donors (Lipinski definition) is 2. The van der Waals surface area contributed by atoms with Crippen LogP contribution in [0.15, 0.2) is 30.4 Å². The van der Waals surface area contributed by atoms with Gasteiger partial charge in [0.15, 0.2) is 0 Å². The minimum atomic E-state index is -1.17. The van der Waals surface area contributed by atoms with Crippen LogP contribution in [0, 0.1) is 12.7 Å². The van der Waals surface area contributed by atoms with Crippen molar-refractivity contribution in [1.29, 1.82) is 0 Å². The van der Waals surface area contributed by atoms with E-state index in [0.717, 1.165) is 17.7 Å². The van der Waals surface area contributed by atoms with E-state index < -0.39 is 11.9 Å². The van der Waals surface area contributed by atoms with Gasteiger partial charge in [0.05, 0.1) is 0 Å². The molecule has 0 radical (unpaired) electrons. The fourth-order valence-corrected chi connectivity index (χ4v) is 1.40. The standard InChI is InChI=1S/C13H14FNO3/c1-9-8-10(2-3-11(9)14)6-7-15-12(16)4-5-13(17)18/h2-5,8H,6-7H2,1H3,(H,15,16)(H,17,18)/b5-4+. The highest BCUT2D eigenvalue weighted by Crippen LogP contribution is 2.09. The van der Waals surface area contributed by atoms with Gasteiger partial charge in [0.1, 0.15) is 5.82 Å². The van der Waals surface area contributed by atoms with Crippen molar-refractivity contribution in [3.05, 3.63) is 47.3 Å². The predicted molar refractivity (Wildman–Crippen MR) is 64.6 cm³/mol. The summed E-state index contributed by atoms with van der Waals surface area (Å²) in [6.07, 6.45) is 2.30. The van der Waals surface area contributed by atoms with E-state index in [-0.39, 0.29) is 5.82 Å². The van der Waals surface area contributed by atoms with Crippen LogP contribution >= 0.6 is 0 Å². The van der Waals surface area contributed by atoms with E-state index in [1.54, 1.807) is 19.1 Å². The highest BCUT2D eigenvalue weighted by atomic mass is 19.1. The van der Waals surface area contributed by atoms with Gasteiger partial charge in [-0.05, 0) is 30.5 Å². The van der Waals surface area contributed by atoms with E-state index in [9.17, 15) is 14.0 Å². The first-order chi connectivity index (χ1) is 8.49. The Morgan fingerprint density at radius 3 is 2.72 bits per heavy atom. The zero-order chi connectivity index (χ0) is 13.5. The smallest absolute Gasteiger partial charge is 0.328 e. The van der Waals surface area contributed by atoms with Crippen LogP contribution in [0.3, 0.4) is 0 Å². The highest BCUT2D eigenvalue weighted by molar-refractivity contribution is 5.93. The SMILES string of the molecule is Cc1cc(CCNC(=O)/C=C/C(=O)O)ccc1F. The third-order valence-corrected chi connectivity index (χ3v) is 2.31. The molecule has 96 valence electrons. The molecule has 0 aliphatic rings. The van der Waals surface area contributed by atoms with Crippen LogP contribution in [-0.4, -0.2) is 23.5 Å². The summed E-state index contributed by atoms with van der Waals surface area (Å²) >= 11 is 0. The van der Waals surface area contributed by atoms with Gasteiger partial charge in [-0.3, -0.25) is 4.79 Å². The lowest BCUT2D eigenvalue weighted by atomic mass is 10.1. The van der Waals surface area contributed by atoms with E-state index in [4.69, 9.17) is 5.11 Å². The molecule has 0 aromatic heterocycles. The fraction of sp³-hybridized carbons (Fsp3) is 0.231. The number of carbonyl (C=O) groups excluding carboxylic acids is 1. The molecular weight excluding hydrogens is 237 g/mol. The quantitative estimate of drug-likeness (QED) is 0.778. The van der Waals surface area contributed by atoms with Gasteiger partial charge in [-0.2, -0.15) is 0 Å². The molecule has 1 rings (SSSR count). The summed E-state index contributed by atoms with van der Waals surface area (Å²) in [7, 11) is 0. The third-order valence-electron chi connectivity index (χ3n) is 2.31. The number of amides is 1. The van der Waals surface area contributed by atoms with Crippen LogP contribution in [0.2, 0.25) is 0 Å². The Hall–Kier alpha value is -2.17. The zero-order valence-corrected chi connectivity index (χ0v) is 9.94. The Morgan fingerprint density at radius 1 is 1.39 bits per heavy atom. The highest BCUT2D eigenvalue weighted by Gasteiger charge is 2.00. The van der Waals surface area contributed by atoms with Crippen molar-refractivity contribution in [3.63, 3.8) is 0 Å². The first-order valence-electron chi connectivity index (χ1n) is 5.43. The molecule has 0 bridgehead atoms. The van der Waals surface area contributed by atoms with Crippen molar-refractivity contribution < 1.29 is 19.1 Å². The number of halogens is 1. The third kappa shape index (κ3) is 4.78. The second kappa shape index (κ2) is 6.54. The van der Waals surface area contributed by atoms with Crippen LogP contribution in [0.1, 0.15) is 11.1 Å². The molecular formula is C13H14FNO3. The number of rotatable bonds is 5. The van der Waals surface area contributed by atoms with E-state index >= 15 is 0 Å². The van der Waals surface area contributed by atoms with Gasteiger partial charge in [0, 0.05) is 18.7 Å². The topological polar surface area (TPSA) is 66.4 Å². The zero-order valence-electron chi connectivity index (χ0n) is 9.94. The molecule has 0 spiro atoms. The van der Waals surface area contributed by atoms with Gasteiger partial charge in [0.2, 0.25) is 5.91 Å². The summed E-state index contributed by atoms with van der Waals surface area (Å²) in [6, 6.07) is 4.76. The molecule has 0 fully saturated rings. The van der Waals surface area contributed by atoms with Crippen LogP contribution in [-0.2, 0) is 16.0 Å². The van der Waals surface area contributed by atoms with E-state index in [1.807, 2.05) is 0 Å². The largest absolute Gasteiger partial charge is 0.478 e. The van der Waals surface area contributed by atoms with Crippen molar-refractivity contribution in [2.45, 2.75) is 13.3 Å². The molecule has 0 atom stereocenters. The van der Waals surface area contributed by atoms with Gasteiger partial charge in [-0.25, -0.2) is 9.18 Å². The lowest BCUT2D eigenvalue weighted by molar-refractivity contribution is -0.131. The lowest BCUT2D eigenvalue weighted by Gasteiger charge is -2.04. The minimum absolute atomic E-state index is 0.257. The van der Waals surface area contributed by atoms with Crippen molar-refractivity contribution in [2.24, 2.45) is 0 Å². The summed E-state index contributed by atoms with van der Waals surface area (Å²) in [4.78, 5) is 21.3. The van der Waals surface area contributed by atoms with Crippen molar-refractivity contribution in [2.75, 3.05) is 6.54 Å². The Balaban J connectivity index is 2.39. The second-order valence-electron chi connectivity index (χ2n) is 3.80. The summed E-state index contributed by atoms with van der Waals surface area (Å²) < 4.78 is 13.0. The predicted octanol–water partition coefficient (Wildman–Crippen LogP) is 1.43. The molecule has 4 nitrogen and oxygen atoms in total. The number of nitrogens with one attached hydrogen (secondary N) is 1. The summed E-state index contributed by atoms with van der Waals surface area (Å²) in [5.41, 5.74) is 1.47. The molecule has 1 aromatic rings. The van der Waals surface area contributed by atoms with E-state index in [0.29, 0.717) is 18.5 Å². The average molecular weight is 251 g/mol. The molecule has 2 N–H and O–H groups in total. The number of carboxylic acids is 1. The van der Waals surface area contributed by atoms with Crippen molar-refractivity contribution in [3.8, 4) is 0 Å².